The predicted octanol–water partition coefficient (Wildman–Crippen LogP) is 0.556. The molecule has 1 atom stereocenters. The molecule has 2 aliphatic heterocycles. The lowest BCUT2D eigenvalue weighted by atomic mass is 9.95. The number of hydrogen-bond donors (Lipinski definition) is 2. The highest BCUT2D eigenvalue weighted by molar-refractivity contribution is 7.89. The minimum Gasteiger partial charge on any atom is -0.427 e. The van der Waals surface area contributed by atoms with Gasteiger partial charge < -0.3 is 14.6 Å². The minimum absolute atomic E-state index is 0.0530. The quantitative estimate of drug-likeness (QED) is 0.765. The van der Waals surface area contributed by atoms with Gasteiger partial charge in [0.25, 0.3) is 5.91 Å². The van der Waals surface area contributed by atoms with Gasteiger partial charge in [-0.2, -0.15) is 0 Å². The molecule has 1 aromatic heterocycles. The van der Waals surface area contributed by atoms with E-state index in [2.05, 4.69) is 5.32 Å². The highest BCUT2D eigenvalue weighted by atomic mass is 32.2. The van der Waals surface area contributed by atoms with E-state index < -0.39 is 15.6 Å². The van der Waals surface area contributed by atoms with Crippen LogP contribution in [0.4, 0.5) is 0 Å². The number of primary sulfonamides is 1. The van der Waals surface area contributed by atoms with E-state index in [4.69, 9.17) is 9.56 Å². The van der Waals surface area contributed by atoms with Crippen molar-refractivity contribution in [1.82, 2.24) is 10.2 Å². The normalized spacial score (nSPS) is 22.0. The number of hydrogen-bond acceptors (Lipinski definition) is 6. The minimum atomic E-state index is -3.52. The molecule has 1 unspecified atom stereocenters. The van der Waals surface area contributed by atoms with Crippen molar-refractivity contribution in [3.63, 3.8) is 0 Å². The van der Waals surface area contributed by atoms with E-state index in [1.165, 1.54) is 0 Å². The van der Waals surface area contributed by atoms with E-state index in [1.807, 2.05) is 0 Å². The summed E-state index contributed by atoms with van der Waals surface area (Å²) in [5.74, 6) is 0.322. The number of amides is 1. The smallest absolute Gasteiger partial charge is 0.349 e. The van der Waals surface area contributed by atoms with Crippen molar-refractivity contribution in [3.05, 3.63) is 33.4 Å². The van der Waals surface area contributed by atoms with Crippen molar-refractivity contribution in [3.8, 4) is 0 Å². The Hall–Kier alpha value is -1.71. The maximum absolute atomic E-state index is 12.8. The fraction of sp³-hybridized carbons (Fsp3) is 0.667. The molecule has 150 valence electrons. The first kappa shape index (κ1) is 20.0. The Labute approximate surface area is 159 Å². The third-order valence-corrected chi connectivity index (χ3v) is 6.39. The van der Waals surface area contributed by atoms with Crippen LogP contribution in [0.2, 0.25) is 0 Å². The summed E-state index contributed by atoms with van der Waals surface area (Å²) in [4.78, 5) is 26.9. The lowest BCUT2D eigenvalue weighted by molar-refractivity contribution is 0.0692. The van der Waals surface area contributed by atoms with Crippen LogP contribution in [0.25, 0.3) is 0 Å². The number of likely N-dealkylation sites (tertiary alicyclic amines) is 1. The van der Waals surface area contributed by atoms with E-state index in [-0.39, 0.29) is 29.1 Å². The van der Waals surface area contributed by atoms with E-state index in [0.717, 1.165) is 25.9 Å². The van der Waals surface area contributed by atoms with Crippen LogP contribution in [-0.2, 0) is 10.0 Å². The third kappa shape index (κ3) is 4.97. The van der Waals surface area contributed by atoms with Gasteiger partial charge in [0.15, 0.2) is 0 Å². The number of nitrogens with zero attached hydrogens (tertiary/aromatic N) is 1. The van der Waals surface area contributed by atoms with Gasteiger partial charge in [-0.25, -0.2) is 18.4 Å². The number of carbonyl (C=O) groups is 1. The highest BCUT2D eigenvalue weighted by Gasteiger charge is 2.29. The van der Waals surface area contributed by atoms with Crippen molar-refractivity contribution >= 4 is 15.9 Å². The molecule has 9 heteroatoms. The van der Waals surface area contributed by atoms with Crippen LogP contribution in [0.5, 0.6) is 0 Å². The second kappa shape index (κ2) is 8.12. The summed E-state index contributed by atoms with van der Waals surface area (Å²) in [5.41, 5.74) is 0.114. The number of nitrogens with one attached hydrogen (secondary N) is 1. The van der Waals surface area contributed by atoms with Gasteiger partial charge >= 0.3 is 5.63 Å². The molecule has 0 radical (unpaired) electrons. The molecule has 3 rings (SSSR count). The van der Waals surface area contributed by atoms with E-state index in [9.17, 15) is 18.0 Å². The molecule has 2 saturated heterocycles. The van der Waals surface area contributed by atoms with Crippen molar-refractivity contribution in [2.24, 2.45) is 11.1 Å². The zero-order chi connectivity index (χ0) is 19.6. The van der Waals surface area contributed by atoms with Crippen LogP contribution in [0.1, 0.15) is 53.3 Å². The van der Waals surface area contributed by atoms with Crippen LogP contribution in [0.3, 0.4) is 0 Å². The number of sulfonamides is 1. The van der Waals surface area contributed by atoms with E-state index in [1.54, 1.807) is 17.9 Å². The Morgan fingerprint density at radius 3 is 2.59 bits per heavy atom. The van der Waals surface area contributed by atoms with E-state index >= 15 is 0 Å². The molecule has 1 amide bonds. The Morgan fingerprint density at radius 1 is 1.33 bits per heavy atom. The Kier molecular flexibility index (Phi) is 6.02. The zero-order valence-corrected chi connectivity index (χ0v) is 16.4. The summed E-state index contributed by atoms with van der Waals surface area (Å²) in [7, 11) is -3.52. The predicted molar refractivity (Wildman–Crippen MR) is 101 cm³/mol. The zero-order valence-electron chi connectivity index (χ0n) is 15.6. The summed E-state index contributed by atoms with van der Waals surface area (Å²) in [6.45, 7) is 4.32. The van der Waals surface area contributed by atoms with Crippen molar-refractivity contribution < 1.29 is 17.6 Å². The highest BCUT2D eigenvalue weighted by Crippen LogP contribution is 2.25. The average molecular weight is 397 g/mol. The second-order valence-corrected chi connectivity index (χ2v) is 9.26. The number of carbonyl (C=O) groups excluding carboxylic acids is 1. The summed E-state index contributed by atoms with van der Waals surface area (Å²) in [6.07, 6.45) is 3.10. The SMILES string of the molecule is Cc1cc(C2CCCNC2)oc(=O)c1C(=O)N1CCC(CS(N)(=O)=O)CC1. The number of aryl methyl sites for hydroxylation is 1. The molecule has 2 fully saturated rings. The van der Waals surface area contributed by atoms with Gasteiger partial charge in [0.05, 0.1) is 5.75 Å². The van der Waals surface area contributed by atoms with Crippen LogP contribution < -0.4 is 16.1 Å². The summed E-state index contributed by atoms with van der Waals surface area (Å²) in [6, 6.07) is 1.81. The van der Waals surface area contributed by atoms with Crippen LogP contribution in [-0.4, -0.2) is 51.2 Å². The fourth-order valence-electron chi connectivity index (χ4n) is 3.98. The summed E-state index contributed by atoms with van der Waals surface area (Å²) < 4.78 is 27.9. The van der Waals surface area contributed by atoms with Crippen molar-refractivity contribution in [2.45, 2.75) is 38.5 Å². The maximum atomic E-state index is 12.8. The molecule has 0 aliphatic carbocycles. The molecule has 8 nitrogen and oxygen atoms in total. The number of nitrogens with two attached hydrogens (primary N) is 1. The molecule has 0 spiro atoms. The first-order valence-corrected chi connectivity index (χ1v) is 11.1. The van der Waals surface area contributed by atoms with Gasteiger partial charge in [0.1, 0.15) is 11.3 Å². The van der Waals surface area contributed by atoms with Gasteiger partial charge in [-0.05, 0) is 56.7 Å². The van der Waals surface area contributed by atoms with Gasteiger partial charge in [0.2, 0.25) is 10.0 Å². The topological polar surface area (TPSA) is 123 Å². The molecule has 3 heterocycles. The van der Waals surface area contributed by atoms with Gasteiger partial charge in [0, 0.05) is 25.6 Å². The average Bonchev–Trinajstić information content (AvgIpc) is 2.61. The molecule has 27 heavy (non-hydrogen) atoms. The maximum Gasteiger partial charge on any atom is 0.349 e. The molecular weight excluding hydrogens is 370 g/mol. The summed E-state index contributed by atoms with van der Waals surface area (Å²) >= 11 is 0. The standard InChI is InChI=1S/C18H27N3O5S/c1-12-9-15(14-3-2-6-20-10-14)26-18(23)16(12)17(22)21-7-4-13(5-8-21)11-27(19,24)25/h9,13-14,20H,2-8,10-11H2,1H3,(H2,19,24,25). The molecule has 1 aromatic rings. The number of rotatable bonds is 4. The molecule has 0 bridgehead atoms. The van der Waals surface area contributed by atoms with Crippen LogP contribution in [0, 0.1) is 12.8 Å². The molecule has 0 saturated carbocycles. The largest absolute Gasteiger partial charge is 0.427 e. The number of piperidine rings is 2. The third-order valence-electron chi connectivity index (χ3n) is 5.45. The first-order valence-electron chi connectivity index (χ1n) is 9.39. The molecular formula is C18H27N3O5S. The fourth-order valence-corrected chi connectivity index (χ4v) is 4.97. The van der Waals surface area contributed by atoms with Gasteiger partial charge in [-0.3, -0.25) is 4.79 Å². The molecule has 0 aromatic carbocycles. The van der Waals surface area contributed by atoms with Gasteiger partial charge in [-0.15, -0.1) is 0 Å². The van der Waals surface area contributed by atoms with Crippen LogP contribution in [0.15, 0.2) is 15.3 Å². The lowest BCUT2D eigenvalue weighted by Crippen LogP contribution is -2.42. The second-order valence-electron chi connectivity index (χ2n) is 7.60. The Balaban J connectivity index is 1.71. The summed E-state index contributed by atoms with van der Waals surface area (Å²) in [5, 5.41) is 8.39. The Bertz CT molecular complexity index is 850. The first-order chi connectivity index (χ1) is 12.7. The van der Waals surface area contributed by atoms with Gasteiger partial charge in [-0.1, -0.05) is 0 Å². The Morgan fingerprint density at radius 2 is 2.04 bits per heavy atom. The monoisotopic (exact) mass is 397 g/mol. The molecule has 2 aliphatic rings. The molecule has 3 N–H and O–H groups in total. The van der Waals surface area contributed by atoms with Crippen LogP contribution >= 0.6 is 0 Å². The van der Waals surface area contributed by atoms with Crippen molar-refractivity contribution in [1.29, 1.82) is 0 Å². The lowest BCUT2D eigenvalue weighted by Gasteiger charge is -2.31. The van der Waals surface area contributed by atoms with E-state index in [0.29, 0.717) is 37.3 Å². The van der Waals surface area contributed by atoms with Crippen molar-refractivity contribution in [2.75, 3.05) is 31.9 Å².